The zero-order chi connectivity index (χ0) is 37.5. The number of para-hydroxylation sites is 3. The standard InChI is InChI=1S/C51H29N3O2S/c1-3-14-30(15-4-1)49-52-50(31-16-5-2-6-17-31)54-51(53-49)41-27-10-21-34-33-20-9-22-35(45(33)56-46(34)41)37-24-12-26-39-38-25-11-23-36(47(38)57-48(37)39)32-19-13-29-43-44(32)40-18-7-8-28-42(40)55-43/h1-29H. The van der Waals surface area contributed by atoms with E-state index < -0.39 is 0 Å². The number of hydrogen-bond donors (Lipinski definition) is 0. The van der Waals surface area contributed by atoms with Crippen LogP contribution in [0.3, 0.4) is 0 Å². The Morgan fingerprint density at radius 2 is 0.772 bits per heavy atom. The van der Waals surface area contributed by atoms with Crippen molar-refractivity contribution < 1.29 is 8.83 Å². The van der Waals surface area contributed by atoms with E-state index in [0.29, 0.717) is 17.5 Å². The number of thiophene rings is 1. The van der Waals surface area contributed by atoms with Crippen LogP contribution in [0.4, 0.5) is 0 Å². The molecule has 0 aliphatic carbocycles. The van der Waals surface area contributed by atoms with E-state index in [9.17, 15) is 0 Å². The van der Waals surface area contributed by atoms with Gasteiger partial charge in [0.15, 0.2) is 17.5 Å². The van der Waals surface area contributed by atoms with Gasteiger partial charge in [-0.25, -0.2) is 15.0 Å². The molecule has 0 unspecified atom stereocenters. The van der Waals surface area contributed by atoms with E-state index in [4.69, 9.17) is 23.8 Å². The second-order valence-electron chi connectivity index (χ2n) is 14.2. The maximum Gasteiger partial charge on any atom is 0.167 e. The molecule has 4 aromatic heterocycles. The first kappa shape index (κ1) is 31.9. The lowest BCUT2D eigenvalue weighted by molar-refractivity contribution is 0.669. The van der Waals surface area contributed by atoms with Crippen LogP contribution in [0.25, 0.3) is 120 Å². The Hall–Kier alpha value is -7.41. The van der Waals surface area contributed by atoms with E-state index >= 15 is 0 Å². The Balaban J connectivity index is 1.06. The minimum Gasteiger partial charge on any atom is -0.456 e. The van der Waals surface area contributed by atoms with Gasteiger partial charge in [-0.3, -0.25) is 0 Å². The lowest BCUT2D eigenvalue weighted by Crippen LogP contribution is -2.00. The molecular formula is C51H29N3O2S. The summed E-state index contributed by atoms with van der Waals surface area (Å²) < 4.78 is 15.8. The zero-order valence-corrected chi connectivity index (χ0v) is 31.1. The zero-order valence-electron chi connectivity index (χ0n) is 30.3. The highest BCUT2D eigenvalue weighted by molar-refractivity contribution is 7.27. The number of aromatic nitrogens is 3. The summed E-state index contributed by atoms with van der Waals surface area (Å²) >= 11 is 1.84. The smallest absolute Gasteiger partial charge is 0.167 e. The molecule has 0 saturated carbocycles. The molecule has 0 N–H and O–H groups in total. The normalized spacial score (nSPS) is 11.9. The Morgan fingerprint density at radius 3 is 1.44 bits per heavy atom. The average molecular weight is 748 g/mol. The van der Waals surface area contributed by atoms with Crippen LogP contribution in [0.5, 0.6) is 0 Å². The molecule has 0 fully saturated rings. The molecule has 5 nitrogen and oxygen atoms in total. The van der Waals surface area contributed by atoms with Crippen LogP contribution in [-0.4, -0.2) is 15.0 Å². The Morgan fingerprint density at radius 1 is 0.316 bits per heavy atom. The molecule has 12 rings (SSSR count). The quantitative estimate of drug-likeness (QED) is 0.175. The number of rotatable bonds is 5. The van der Waals surface area contributed by atoms with Crippen LogP contribution in [0.15, 0.2) is 185 Å². The molecule has 0 amide bonds. The molecule has 8 aromatic carbocycles. The first-order valence-corrected chi connectivity index (χ1v) is 19.8. The van der Waals surface area contributed by atoms with Crippen LogP contribution in [0.1, 0.15) is 0 Å². The molecule has 0 spiro atoms. The number of benzene rings is 8. The molecule has 12 aromatic rings. The highest BCUT2D eigenvalue weighted by Gasteiger charge is 2.22. The molecule has 4 heterocycles. The Bertz CT molecular complexity index is 3470. The summed E-state index contributed by atoms with van der Waals surface area (Å²) in [4.78, 5) is 15.0. The lowest BCUT2D eigenvalue weighted by Gasteiger charge is -2.08. The molecule has 0 atom stereocenters. The molecule has 266 valence electrons. The van der Waals surface area contributed by atoms with E-state index in [1.165, 1.54) is 31.3 Å². The summed E-state index contributed by atoms with van der Waals surface area (Å²) in [7, 11) is 0. The Kier molecular flexibility index (Phi) is 7.03. The van der Waals surface area contributed by atoms with Crippen molar-refractivity contribution in [1.29, 1.82) is 0 Å². The molecule has 0 saturated heterocycles. The SMILES string of the molecule is c1ccc(-c2nc(-c3ccccc3)nc(-c3cccc4c3oc3c(-c5cccc6c5sc5c(-c7cccc8oc9ccccc9c78)cccc56)cccc34)n2)cc1. The van der Waals surface area contributed by atoms with Crippen molar-refractivity contribution in [3.8, 4) is 56.4 Å². The van der Waals surface area contributed by atoms with Crippen LogP contribution in [0.2, 0.25) is 0 Å². The fourth-order valence-electron chi connectivity index (χ4n) is 8.38. The summed E-state index contributed by atoms with van der Waals surface area (Å²) in [5.41, 5.74) is 10.6. The van der Waals surface area contributed by atoms with Crippen LogP contribution >= 0.6 is 11.3 Å². The summed E-state index contributed by atoms with van der Waals surface area (Å²) in [6, 6.07) is 60.7. The molecule has 0 aliphatic rings. The molecule has 0 bridgehead atoms. The predicted molar refractivity (Wildman–Crippen MR) is 234 cm³/mol. The van der Waals surface area contributed by atoms with E-state index in [2.05, 4.69) is 97.1 Å². The van der Waals surface area contributed by atoms with Gasteiger partial charge in [0.25, 0.3) is 0 Å². The second kappa shape index (κ2) is 12.6. The van der Waals surface area contributed by atoms with Crippen LogP contribution in [-0.2, 0) is 0 Å². The average Bonchev–Trinajstić information content (AvgIpc) is 3.98. The Labute approximate surface area is 330 Å². The maximum absolute atomic E-state index is 7.00. The van der Waals surface area contributed by atoms with Gasteiger partial charge in [-0.05, 0) is 23.8 Å². The summed E-state index contributed by atoms with van der Waals surface area (Å²) in [5, 5.41) is 6.78. The third kappa shape index (κ3) is 4.98. The minimum absolute atomic E-state index is 0.563. The monoisotopic (exact) mass is 747 g/mol. The van der Waals surface area contributed by atoms with E-state index in [0.717, 1.165) is 71.7 Å². The lowest BCUT2D eigenvalue weighted by atomic mass is 9.97. The van der Waals surface area contributed by atoms with Crippen molar-refractivity contribution in [3.63, 3.8) is 0 Å². The fraction of sp³-hybridized carbons (Fsp3) is 0. The third-order valence-corrected chi connectivity index (χ3v) is 12.3. The van der Waals surface area contributed by atoms with Crippen molar-refractivity contribution in [1.82, 2.24) is 15.0 Å². The van der Waals surface area contributed by atoms with Gasteiger partial charge >= 0.3 is 0 Å². The van der Waals surface area contributed by atoms with Crippen molar-refractivity contribution >= 4 is 75.4 Å². The fourth-order valence-corrected chi connectivity index (χ4v) is 9.74. The highest BCUT2D eigenvalue weighted by atomic mass is 32.1. The molecule has 0 radical (unpaired) electrons. The molecule has 0 aliphatic heterocycles. The van der Waals surface area contributed by atoms with Crippen molar-refractivity contribution in [3.05, 3.63) is 176 Å². The summed E-state index contributed by atoms with van der Waals surface area (Å²) in [5.74, 6) is 1.79. The number of fused-ring (bicyclic) bond motifs is 9. The second-order valence-corrected chi connectivity index (χ2v) is 15.3. The highest BCUT2D eigenvalue weighted by Crippen LogP contribution is 2.48. The first-order chi connectivity index (χ1) is 28.3. The number of furan rings is 2. The number of nitrogens with zero attached hydrogens (tertiary/aromatic N) is 3. The van der Waals surface area contributed by atoms with Crippen molar-refractivity contribution in [2.24, 2.45) is 0 Å². The largest absolute Gasteiger partial charge is 0.456 e. The van der Waals surface area contributed by atoms with E-state index in [1.807, 2.05) is 90.2 Å². The summed E-state index contributed by atoms with van der Waals surface area (Å²) in [6.45, 7) is 0. The van der Waals surface area contributed by atoms with E-state index in [-0.39, 0.29) is 0 Å². The molecule has 6 heteroatoms. The van der Waals surface area contributed by atoms with Gasteiger partial charge in [0, 0.05) is 69.5 Å². The van der Waals surface area contributed by atoms with Gasteiger partial charge in [0.05, 0.1) is 5.56 Å². The summed E-state index contributed by atoms with van der Waals surface area (Å²) in [6.07, 6.45) is 0. The van der Waals surface area contributed by atoms with Gasteiger partial charge in [0.1, 0.15) is 22.3 Å². The number of hydrogen-bond acceptors (Lipinski definition) is 6. The first-order valence-electron chi connectivity index (χ1n) is 18.9. The molecular weight excluding hydrogens is 719 g/mol. The third-order valence-electron chi connectivity index (χ3n) is 11.0. The van der Waals surface area contributed by atoms with Gasteiger partial charge < -0.3 is 8.83 Å². The van der Waals surface area contributed by atoms with Crippen molar-refractivity contribution in [2.45, 2.75) is 0 Å². The van der Waals surface area contributed by atoms with Gasteiger partial charge in [-0.15, -0.1) is 11.3 Å². The van der Waals surface area contributed by atoms with E-state index in [1.54, 1.807) is 0 Å². The van der Waals surface area contributed by atoms with Gasteiger partial charge in [0.2, 0.25) is 0 Å². The molecule has 57 heavy (non-hydrogen) atoms. The maximum atomic E-state index is 7.00. The minimum atomic E-state index is 0.563. The van der Waals surface area contributed by atoms with Crippen LogP contribution in [0, 0.1) is 0 Å². The van der Waals surface area contributed by atoms with Crippen molar-refractivity contribution in [2.75, 3.05) is 0 Å². The predicted octanol–water partition coefficient (Wildman–Crippen LogP) is 14.4. The topological polar surface area (TPSA) is 65.0 Å². The van der Waals surface area contributed by atoms with Gasteiger partial charge in [-0.1, -0.05) is 158 Å². The van der Waals surface area contributed by atoms with Crippen LogP contribution < -0.4 is 0 Å². The van der Waals surface area contributed by atoms with Gasteiger partial charge in [-0.2, -0.15) is 0 Å².